The Kier molecular flexibility index (Phi) is 6.05. The number of hydrogen-bond donors (Lipinski definition) is 0. The van der Waals surface area contributed by atoms with Gasteiger partial charge in [-0.05, 0) is 20.8 Å². The van der Waals surface area contributed by atoms with Crippen LogP contribution in [0, 0.1) is 6.57 Å². The van der Waals surface area contributed by atoms with E-state index in [1.165, 1.54) is 36.3 Å². The fourth-order valence-electron chi connectivity index (χ4n) is 2.66. The Morgan fingerprint density at radius 1 is 1.19 bits per heavy atom. The van der Waals surface area contributed by atoms with Crippen LogP contribution in [0.5, 0.6) is 0 Å². The highest BCUT2D eigenvalue weighted by Crippen LogP contribution is 2.25. The Bertz CT molecular complexity index is 760. The molecule has 2 atom stereocenters. The van der Waals surface area contributed by atoms with Crippen molar-refractivity contribution in [3.8, 4) is 0 Å². The van der Waals surface area contributed by atoms with E-state index in [0.29, 0.717) is 5.69 Å². The number of esters is 2. The first-order valence-electron chi connectivity index (χ1n) is 8.40. The molecule has 0 spiro atoms. The van der Waals surface area contributed by atoms with E-state index in [1.54, 1.807) is 20.8 Å². The second-order valence-electron chi connectivity index (χ2n) is 7.09. The summed E-state index contributed by atoms with van der Waals surface area (Å²) in [5.41, 5.74) is -0.0287. The molecule has 0 bridgehead atoms. The molecule has 1 saturated heterocycles. The van der Waals surface area contributed by atoms with Gasteiger partial charge in [0.15, 0.2) is 5.69 Å². The highest BCUT2D eigenvalue weighted by molar-refractivity contribution is 5.90. The van der Waals surface area contributed by atoms with Gasteiger partial charge in [0.25, 0.3) is 0 Å². The first-order valence-corrected chi connectivity index (χ1v) is 8.40. The molecule has 0 radical (unpaired) electrons. The molecule has 0 aromatic heterocycles. The van der Waals surface area contributed by atoms with E-state index in [0.717, 1.165) is 0 Å². The number of methoxy groups -OCH3 is 1. The van der Waals surface area contributed by atoms with Crippen LogP contribution in [0.4, 0.5) is 10.5 Å². The van der Waals surface area contributed by atoms with Crippen LogP contribution in [0.25, 0.3) is 4.85 Å². The summed E-state index contributed by atoms with van der Waals surface area (Å²) in [4.78, 5) is 41.2. The van der Waals surface area contributed by atoms with E-state index >= 15 is 0 Å². The van der Waals surface area contributed by atoms with Gasteiger partial charge < -0.3 is 14.2 Å². The predicted molar refractivity (Wildman–Crippen MR) is 95.3 cm³/mol. The molecule has 0 unspecified atom stereocenters. The largest absolute Gasteiger partial charge is 0.467 e. The maximum atomic E-state index is 12.4. The highest BCUT2D eigenvalue weighted by Gasteiger charge is 2.43. The lowest BCUT2D eigenvalue weighted by molar-refractivity contribution is -0.145. The predicted octanol–water partition coefficient (Wildman–Crippen LogP) is 2.95. The van der Waals surface area contributed by atoms with Crippen LogP contribution in [-0.2, 0) is 19.0 Å². The van der Waals surface area contributed by atoms with Gasteiger partial charge in [-0.3, -0.25) is 4.90 Å². The van der Waals surface area contributed by atoms with E-state index in [2.05, 4.69) is 4.85 Å². The molecule has 1 heterocycles. The van der Waals surface area contributed by atoms with Crippen LogP contribution >= 0.6 is 0 Å². The number of carbonyl (C=O) groups is 3. The zero-order valence-electron chi connectivity index (χ0n) is 15.7. The van der Waals surface area contributed by atoms with E-state index in [-0.39, 0.29) is 18.5 Å². The minimum atomic E-state index is -0.882. The first-order chi connectivity index (χ1) is 12.6. The zero-order valence-corrected chi connectivity index (χ0v) is 15.7. The first kappa shape index (κ1) is 20.2. The van der Waals surface area contributed by atoms with Gasteiger partial charge in [0.2, 0.25) is 0 Å². The quantitative estimate of drug-likeness (QED) is 0.459. The molecule has 8 nitrogen and oxygen atoms in total. The normalized spacial score (nSPS) is 19.1. The smallest absolute Gasteiger partial charge is 0.411 e. The molecule has 0 saturated carbocycles. The molecule has 1 fully saturated rings. The summed E-state index contributed by atoms with van der Waals surface area (Å²) in [6, 6.07) is 5.14. The average molecular weight is 374 g/mol. The van der Waals surface area contributed by atoms with E-state index in [1.807, 2.05) is 0 Å². The van der Waals surface area contributed by atoms with Crippen molar-refractivity contribution in [1.29, 1.82) is 0 Å². The number of likely N-dealkylation sites (tertiary alicyclic amines) is 1. The Balaban J connectivity index is 2.09. The third-order valence-electron chi connectivity index (χ3n) is 3.87. The second-order valence-corrected chi connectivity index (χ2v) is 7.09. The lowest BCUT2D eigenvalue weighted by Gasteiger charge is -2.27. The molecule has 144 valence electrons. The number of benzene rings is 1. The summed E-state index contributed by atoms with van der Waals surface area (Å²) in [7, 11) is 1.23. The summed E-state index contributed by atoms with van der Waals surface area (Å²) in [6.07, 6.45) is -1.22. The Morgan fingerprint density at radius 3 is 2.33 bits per heavy atom. The number of rotatable bonds is 3. The van der Waals surface area contributed by atoms with Crippen molar-refractivity contribution in [1.82, 2.24) is 4.90 Å². The topological polar surface area (TPSA) is 86.5 Å². The van der Waals surface area contributed by atoms with Gasteiger partial charge in [0, 0.05) is 6.42 Å². The number of amides is 1. The van der Waals surface area contributed by atoms with Gasteiger partial charge in [0.05, 0.1) is 25.8 Å². The second kappa shape index (κ2) is 8.08. The molecule has 1 aromatic carbocycles. The monoisotopic (exact) mass is 374 g/mol. The van der Waals surface area contributed by atoms with Crippen LogP contribution in [0.15, 0.2) is 24.3 Å². The number of ether oxygens (including phenoxy) is 3. The maximum absolute atomic E-state index is 12.4. The van der Waals surface area contributed by atoms with Gasteiger partial charge in [-0.25, -0.2) is 19.2 Å². The summed E-state index contributed by atoms with van der Waals surface area (Å²) < 4.78 is 15.5. The molecule has 1 amide bonds. The van der Waals surface area contributed by atoms with Crippen LogP contribution in [0.3, 0.4) is 0 Å². The van der Waals surface area contributed by atoms with Gasteiger partial charge in [-0.15, -0.1) is 0 Å². The molecule has 2 rings (SSSR count). The summed E-state index contributed by atoms with van der Waals surface area (Å²) in [5, 5.41) is 0. The molecule has 0 aliphatic carbocycles. The third-order valence-corrected chi connectivity index (χ3v) is 3.87. The molecular formula is C19H22N2O6. The third kappa shape index (κ3) is 5.20. The van der Waals surface area contributed by atoms with E-state index < -0.39 is 35.8 Å². The van der Waals surface area contributed by atoms with Crippen LogP contribution < -0.4 is 0 Å². The molecular weight excluding hydrogens is 352 g/mol. The number of carbonyl (C=O) groups excluding carboxylic acids is 3. The molecule has 27 heavy (non-hydrogen) atoms. The fourth-order valence-corrected chi connectivity index (χ4v) is 2.66. The van der Waals surface area contributed by atoms with Crippen molar-refractivity contribution in [2.24, 2.45) is 0 Å². The average Bonchev–Trinajstić information content (AvgIpc) is 3.03. The van der Waals surface area contributed by atoms with E-state index in [9.17, 15) is 14.4 Å². The summed E-state index contributed by atoms with van der Waals surface area (Å²) in [5.74, 6) is -1.19. The Morgan fingerprint density at radius 2 is 1.81 bits per heavy atom. The molecule has 1 aliphatic rings. The minimum absolute atomic E-state index is 0.0283. The summed E-state index contributed by atoms with van der Waals surface area (Å²) >= 11 is 0. The lowest BCUT2D eigenvalue weighted by Crippen LogP contribution is -2.44. The van der Waals surface area contributed by atoms with Crippen molar-refractivity contribution in [3.63, 3.8) is 0 Å². The maximum Gasteiger partial charge on any atom is 0.411 e. The van der Waals surface area contributed by atoms with Crippen LogP contribution in [-0.4, -0.2) is 54.3 Å². The Labute approximate surface area is 157 Å². The van der Waals surface area contributed by atoms with Gasteiger partial charge in [0.1, 0.15) is 17.7 Å². The van der Waals surface area contributed by atoms with Crippen molar-refractivity contribution < 1.29 is 28.6 Å². The van der Waals surface area contributed by atoms with Crippen molar-refractivity contribution >= 4 is 23.7 Å². The standard InChI is InChI=1S/C19H22N2O6/c1-19(2,3)27-18(24)21-11-14(10-15(21)17(23)25-5)26-16(22)12-6-8-13(20-4)9-7-12/h6-9,14-15H,10-11H2,1-3,5H3/t14-,15-/m0/s1. The van der Waals surface area contributed by atoms with Crippen molar-refractivity contribution in [2.45, 2.75) is 44.9 Å². The SMILES string of the molecule is [C-]#[N+]c1ccc(C(=O)O[C@H]2C[C@@H](C(=O)OC)N(C(=O)OC(C)(C)C)C2)cc1. The van der Waals surface area contributed by atoms with Crippen LogP contribution in [0.2, 0.25) is 0 Å². The molecule has 1 aromatic rings. The van der Waals surface area contributed by atoms with E-state index in [4.69, 9.17) is 20.8 Å². The number of hydrogen-bond acceptors (Lipinski definition) is 6. The lowest BCUT2D eigenvalue weighted by atomic mass is 10.2. The van der Waals surface area contributed by atoms with Crippen molar-refractivity contribution in [2.75, 3.05) is 13.7 Å². The molecule has 1 aliphatic heterocycles. The molecule has 0 N–H and O–H groups in total. The molecule has 8 heteroatoms. The van der Waals surface area contributed by atoms with Crippen molar-refractivity contribution in [3.05, 3.63) is 41.2 Å². The fraction of sp³-hybridized carbons (Fsp3) is 0.474. The summed E-state index contributed by atoms with van der Waals surface area (Å²) in [6.45, 7) is 12.1. The van der Waals surface area contributed by atoms with Gasteiger partial charge in [-0.1, -0.05) is 24.3 Å². The van der Waals surface area contributed by atoms with Gasteiger partial charge >= 0.3 is 18.0 Å². The highest BCUT2D eigenvalue weighted by atomic mass is 16.6. The number of nitrogens with zero attached hydrogens (tertiary/aromatic N) is 2. The van der Waals surface area contributed by atoms with Crippen LogP contribution in [0.1, 0.15) is 37.6 Å². The minimum Gasteiger partial charge on any atom is -0.467 e. The van der Waals surface area contributed by atoms with Gasteiger partial charge in [-0.2, -0.15) is 0 Å². The zero-order chi connectivity index (χ0) is 20.2. The Hall–Kier alpha value is -3.08.